The highest BCUT2D eigenvalue weighted by Gasteiger charge is 2.32. The van der Waals surface area contributed by atoms with Crippen LogP contribution in [0.1, 0.15) is 0 Å². The second kappa shape index (κ2) is 2.66. The number of hydrogen-bond donors (Lipinski definition) is 0. The molecule has 1 aromatic carbocycles. The van der Waals surface area contributed by atoms with Gasteiger partial charge in [-0.3, -0.25) is 0 Å². The third kappa shape index (κ3) is 1.20. The molecule has 0 spiro atoms. The molecule has 7 heteroatoms. The molecular weight excluding hydrogens is 220 g/mol. The van der Waals surface area contributed by atoms with Gasteiger partial charge >= 0.3 is 12.5 Å². The molecular formula is C9H3F2N3O2. The average Bonchev–Trinajstić information content (AvgIpc) is 2.70. The van der Waals surface area contributed by atoms with Crippen LogP contribution in [-0.2, 0) is 0 Å². The summed E-state index contributed by atoms with van der Waals surface area (Å²) in [4.78, 5) is 6.19. The van der Waals surface area contributed by atoms with Gasteiger partial charge in [-0.15, -0.1) is 0 Å². The highest BCUT2D eigenvalue weighted by Crippen LogP contribution is 2.32. The van der Waals surface area contributed by atoms with E-state index in [4.69, 9.17) is 14.7 Å². The van der Waals surface area contributed by atoms with Gasteiger partial charge in [0.1, 0.15) is 0 Å². The smallest absolute Gasteiger partial charge is 0.439 e. The van der Waals surface area contributed by atoms with E-state index in [0.29, 0.717) is 0 Å². The number of nitriles is 1. The van der Waals surface area contributed by atoms with E-state index in [1.807, 2.05) is 0 Å². The standard InChI is InChI=1S/C9H3F2N3O2/c10-9(11)13-4-1-6-7(2-5(4)14-9)16-8(3-12)15-6/h1-2,8H. The summed E-state index contributed by atoms with van der Waals surface area (Å²) in [6.07, 6.45) is -4.47. The molecule has 0 radical (unpaired) electrons. The quantitative estimate of drug-likeness (QED) is 0.586. The fourth-order valence-corrected chi connectivity index (χ4v) is 1.52. The van der Waals surface area contributed by atoms with E-state index in [2.05, 4.69) is 9.98 Å². The van der Waals surface area contributed by atoms with Crippen LogP contribution in [0.25, 0.3) is 0 Å². The van der Waals surface area contributed by atoms with Gasteiger partial charge in [-0.2, -0.15) is 24.0 Å². The molecule has 2 aliphatic rings. The van der Waals surface area contributed by atoms with Crippen molar-refractivity contribution in [2.45, 2.75) is 12.5 Å². The van der Waals surface area contributed by atoms with Crippen LogP contribution in [0.4, 0.5) is 8.78 Å². The number of benzene rings is 1. The molecule has 0 N–H and O–H groups in total. The number of ether oxygens (including phenoxy) is 2. The van der Waals surface area contributed by atoms with E-state index in [0.717, 1.165) is 0 Å². The van der Waals surface area contributed by atoms with Crippen LogP contribution in [0.5, 0.6) is 11.5 Å². The van der Waals surface area contributed by atoms with Crippen LogP contribution in [-0.4, -0.2) is 12.5 Å². The Balaban J connectivity index is 2.17. The van der Waals surface area contributed by atoms with Crippen molar-refractivity contribution < 1.29 is 18.3 Å². The first-order valence-electron chi connectivity index (χ1n) is 4.32. The summed E-state index contributed by atoms with van der Waals surface area (Å²) in [7, 11) is 0. The second-order valence-corrected chi connectivity index (χ2v) is 3.22. The molecule has 80 valence electrons. The Bertz CT molecular complexity index is 588. The summed E-state index contributed by atoms with van der Waals surface area (Å²) in [6, 6.07) is 4.32. The third-order valence-electron chi connectivity index (χ3n) is 2.12. The first-order chi connectivity index (χ1) is 7.57. The van der Waals surface area contributed by atoms with Crippen molar-refractivity contribution in [3.8, 4) is 17.6 Å². The Morgan fingerprint density at radius 3 is 2.12 bits per heavy atom. The lowest BCUT2D eigenvalue weighted by molar-refractivity contribution is 0.0193. The van der Waals surface area contributed by atoms with Crippen molar-refractivity contribution in [1.29, 1.82) is 5.26 Å². The number of fused-ring (bicyclic) bond motifs is 2. The van der Waals surface area contributed by atoms with E-state index in [1.54, 1.807) is 6.07 Å². The Hall–Kier alpha value is -2.23. The largest absolute Gasteiger partial charge is 0.450 e. The maximum absolute atomic E-state index is 12.8. The van der Waals surface area contributed by atoms with Gasteiger partial charge < -0.3 is 9.47 Å². The molecule has 16 heavy (non-hydrogen) atoms. The van der Waals surface area contributed by atoms with Gasteiger partial charge in [-0.05, 0) is 0 Å². The number of halogens is 2. The second-order valence-electron chi connectivity index (χ2n) is 3.22. The summed E-state index contributed by atoms with van der Waals surface area (Å²) in [5, 5.41) is 8.63. The molecule has 0 unspecified atom stereocenters. The molecule has 0 bridgehead atoms. The molecule has 2 aliphatic heterocycles. The summed E-state index contributed by atoms with van der Waals surface area (Å²) >= 11 is 0. The molecule has 1 aromatic rings. The zero-order chi connectivity index (χ0) is 11.3. The molecule has 2 heterocycles. The van der Waals surface area contributed by atoms with Crippen LogP contribution in [0.15, 0.2) is 22.1 Å². The van der Waals surface area contributed by atoms with Crippen LogP contribution in [0.3, 0.4) is 0 Å². The van der Waals surface area contributed by atoms with Crippen molar-refractivity contribution in [3.05, 3.63) is 22.8 Å². The average molecular weight is 223 g/mol. The van der Waals surface area contributed by atoms with Gasteiger partial charge in [0.25, 0.3) is 0 Å². The van der Waals surface area contributed by atoms with Gasteiger partial charge in [0, 0.05) is 12.1 Å². The fraction of sp³-hybridized carbons (Fsp3) is 0.222. The lowest BCUT2D eigenvalue weighted by atomic mass is 10.3. The van der Waals surface area contributed by atoms with Gasteiger partial charge in [0.15, 0.2) is 17.6 Å². The van der Waals surface area contributed by atoms with Crippen LogP contribution in [0.2, 0.25) is 0 Å². The molecule has 5 nitrogen and oxygen atoms in total. The molecule has 0 amide bonds. The van der Waals surface area contributed by atoms with Gasteiger partial charge in [-0.1, -0.05) is 0 Å². The number of rotatable bonds is 0. The predicted molar refractivity (Wildman–Crippen MR) is 44.4 cm³/mol. The molecule has 0 atom stereocenters. The number of alkyl halides is 2. The van der Waals surface area contributed by atoms with E-state index < -0.39 is 12.5 Å². The summed E-state index contributed by atoms with van der Waals surface area (Å²) < 4.78 is 35.6. The first kappa shape index (κ1) is 9.03. The number of hydrogen-bond acceptors (Lipinski definition) is 5. The molecule has 0 saturated heterocycles. The van der Waals surface area contributed by atoms with E-state index in [9.17, 15) is 8.78 Å². The third-order valence-corrected chi connectivity index (χ3v) is 2.12. The highest BCUT2D eigenvalue weighted by atomic mass is 19.3. The van der Waals surface area contributed by atoms with E-state index in [1.165, 1.54) is 12.1 Å². The minimum absolute atomic E-state index is 0.0333. The Morgan fingerprint density at radius 1 is 1.19 bits per heavy atom. The topological polar surface area (TPSA) is 67.0 Å². The monoisotopic (exact) mass is 223 g/mol. The lowest BCUT2D eigenvalue weighted by Gasteiger charge is -1.97. The van der Waals surface area contributed by atoms with Gasteiger partial charge in [0.2, 0.25) is 0 Å². The van der Waals surface area contributed by atoms with Crippen molar-refractivity contribution in [2.75, 3.05) is 0 Å². The molecule has 0 aliphatic carbocycles. The fourth-order valence-electron chi connectivity index (χ4n) is 1.52. The SMILES string of the molecule is N#CC1Oc2cc3c(cc2O1)=NC(F)(F)N=3. The minimum atomic E-state index is -3.42. The lowest BCUT2D eigenvalue weighted by Crippen LogP contribution is -2.20. The summed E-state index contributed by atoms with van der Waals surface area (Å²) in [6.45, 7) is 0. The van der Waals surface area contributed by atoms with Crippen molar-refractivity contribution in [3.63, 3.8) is 0 Å². The molecule has 0 aromatic heterocycles. The zero-order valence-corrected chi connectivity index (χ0v) is 7.65. The Morgan fingerprint density at radius 2 is 1.69 bits per heavy atom. The van der Waals surface area contributed by atoms with Crippen molar-refractivity contribution in [1.82, 2.24) is 0 Å². The van der Waals surface area contributed by atoms with E-state index in [-0.39, 0.29) is 22.2 Å². The maximum Gasteiger partial charge on any atom is 0.450 e. The predicted octanol–water partition coefficient (Wildman–Crippen LogP) is 0.111. The Labute approximate surface area is 87.3 Å². The zero-order valence-electron chi connectivity index (χ0n) is 7.65. The Kier molecular flexibility index (Phi) is 1.50. The minimum Gasteiger partial charge on any atom is -0.439 e. The van der Waals surface area contributed by atoms with Crippen molar-refractivity contribution in [2.24, 2.45) is 9.98 Å². The summed E-state index contributed by atoms with van der Waals surface area (Å²) in [5.41, 5.74) is 0. The summed E-state index contributed by atoms with van der Waals surface area (Å²) in [5.74, 6) is 0.448. The van der Waals surface area contributed by atoms with Gasteiger partial charge in [0.05, 0.1) is 10.7 Å². The number of nitrogens with zero attached hydrogens (tertiary/aromatic N) is 3. The normalized spacial score (nSPS) is 19.6. The van der Waals surface area contributed by atoms with Crippen molar-refractivity contribution >= 4 is 0 Å². The first-order valence-corrected chi connectivity index (χ1v) is 4.32. The molecule has 3 rings (SSSR count). The molecule has 0 saturated carbocycles. The van der Waals surface area contributed by atoms with E-state index >= 15 is 0 Å². The van der Waals surface area contributed by atoms with Gasteiger partial charge in [-0.25, -0.2) is 0 Å². The maximum atomic E-state index is 12.8. The highest BCUT2D eigenvalue weighted by molar-refractivity contribution is 5.42. The molecule has 0 fully saturated rings. The van der Waals surface area contributed by atoms with Crippen LogP contribution in [0, 0.1) is 11.3 Å². The van der Waals surface area contributed by atoms with Crippen LogP contribution >= 0.6 is 0 Å². The van der Waals surface area contributed by atoms with Crippen LogP contribution < -0.4 is 20.2 Å².